The molecule has 0 fully saturated rings. The summed E-state index contributed by atoms with van der Waals surface area (Å²) in [6.45, 7) is 0. The number of nitrogens with zero attached hydrogens (tertiary/aromatic N) is 5. The number of nitrogens with one attached hydrogen (secondary N) is 1. The summed E-state index contributed by atoms with van der Waals surface area (Å²) in [4.78, 5) is 27.1. The molecule has 4 aromatic rings. The lowest BCUT2D eigenvalue weighted by Gasteiger charge is -2.01. The Bertz CT molecular complexity index is 1540. The van der Waals surface area contributed by atoms with Crippen LogP contribution in [0.15, 0.2) is 80.2 Å². The second-order valence-corrected chi connectivity index (χ2v) is 9.84. The van der Waals surface area contributed by atoms with Crippen molar-refractivity contribution in [1.29, 1.82) is 0 Å². The summed E-state index contributed by atoms with van der Waals surface area (Å²) in [5, 5.41) is 24.9. The molecule has 0 aliphatic carbocycles. The molecule has 2 N–H and O–H groups in total. The van der Waals surface area contributed by atoms with Crippen molar-refractivity contribution in [2.24, 2.45) is 15.3 Å². The normalized spacial score (nSPS) is 12.3. The number of carbonyl (C=O) groups is 1. The number of thiophene rings is 1. The number of fused-ring (bicyclic) bond motifs is 1. The van der Waals surface area contributed by atoms with Gasteiger partial charge in [-0.05, 0) is 41.8 Å². The van der Waals surface area contributed by atoms with Gasteiger partial charge in [0.25, 0.3) is 21.7 Å². The lowest BCUT2D eigenvalue weighted by atomic mass is 10.2. The Morgan fingerprint density at radius 2 is 1.91 bits per heavy atom. The monoisotopic (exact) mass is 516 g/mol. The zero-order valence-corrected chi connectivity index (χ0v) is 19.2. The maximum Gasteiger partial charge on any atom is 0.294 e. The van der Waals surface area contributed by atoms with Crippen LogP contribution in [0, 0.1) is 10.1 Å². The minimum Gasteiger partial charge on any atom is -0.282 e. The molecule has 0 radical (unpaired) electrons. The number of nitro groups is 1. The van der Waals surface area contributed by atoms with Crippen molar-refractivity contribution in [2.45, 2.75) is 4.90 Å². The molecular weight excluding hydrogens is 504 g/mol. The van der Waals surface area contributed by atoms with Crippen LogP contribution in [0.4, 0.5) is 10.8 Å². The molecule has 0 atom stereocenters. The van der Waals surface area contributed by atoms with E-state index in [4.69, 9.17) is 0 Å². The highest BCUT2D eigenvalue weighted by molar-refractivity contribution is 7.85. The van der Waals surface area contributed by atoms with Gasteiger partial charge in [-0.25, -0.2) is 10.4 Å². The number of amidine groups is 1. The summed E-state index contributed by atoms with van der Waals surface area (Å²) >= 11 is 2.36. The summed E-state index contributed by atoms with van der Waals surface area (Å²) in [7, 11) is -4.35. The topological polar surface area (TPSA) is 177 Å². The minimum atomic E-state index is -4.35. The number of thiazole rings is 1. The molecule has 0 saturated carbocycles. The molecule has 0 aliphatic rings. The van der Waals surface area contributed by atoms with Gasteiger partial charge in [0.1, 0.15) is 0 Å². The van der Waals surface area contributed by atoms with E-state index >= 15 is 0 Å². The first-order valence-electron chi connectivity index (χ1n) is 9.17. The van der Waals surface area contributed by atoms with Gasteiger partial charge < -0.3 is 0 Å². The van der Waals surface area contributed by atoms with Gasteiger partial charge in [0, 0.05) is 17.7 Å². The number of rotatable bonds is 6. The number of hydrazone groups is 1. The lowest BCUT2D eigenvalue weighted by Crippen LogP contribution is -2.19. The van der Waals surface area contributed by atoms with E-state index < -0.39 is 20.9 Å². The Morgan fingerprint density at radius 1 is 1.15 bits per heavy atom. The van der Waals surface area contributed by atoms with Crippen LogP contribution in [-0.4, -0.2) is 34.6 Å². The van der Waals surface area contributed by atoms with Crippen molar-refractivity contribution in [1.82, 2.24) is 10.4 Å². The molecule has 12 nitrogen and oxygen atoms in total. The van der Waals surface area contributed by atoms with E-state index in [1.54, 1.807) is 17.5 Å². The van der Waals surface area contributed by atoms with Gasteiger partial charge in [0.2, 0.25) is 11.0 Å². The molecule has 34 heavy (non-hydrogen) atoms. The van der Waals surface area contributed by atoms with Crippen molar-refractivity contribution in [3.8, 4) is 0 Å². The second kappa shape index (κ2) is 9.52. The summed E-state index contributed by atoms with van der Waals surface area (Å²) in [6, 6.07) is 12.4. The highest BCUT2D eigenvalue weighted by Gasteiger charge is 2.13. The van der Waals surface area contributed by atoms with Crippen LogP contribution in [0.2, 0.25) is 0 Å². The Morgan fingerprint density at radius 3 is 2.56 bits per heavy atom. The fourth-order valence-electron chi connectivity index (χ4n) is 2.62. The molecule has 172 valence electrons. The quantitative estimate of drug-likeness (QED) is 0.0953. The molecular formula is C19H12N6O6S3. The maximum atomic E-state index is 12.4. The number of benzene rings is 2. The molecule has 15 heteroatoms. The number of hydrogen-bond acceptors (Lipinski definition) is 10. The Labute approximate surface area is 199 Å². The SMILES string of the molecule is O=C(N/N=C(\N=Nc1nc2ccc(S(=O)(=O)O)cc2s1)c1cccs1)c1ccc([N+](=O)[O-])cc1. The largest absolute Gasteiger partial charge is 0.294 e. The summed E-state index contributed by atoms with van der Waals surface area (Å²) in [6.07, 6.45) is 0. The van der Waals surface area contributed by atoms with Crippen molar-refractivity contribution < 1.29 is 22.7 Å². The summed E-state index contributed by atoms with van der Waals surface area (Å²) in [5.41, 5.74) is 2.83. The van der Waals surface area contributed by atoms with Crippen LogP contribution in [0.5, 0.6) is 0 Å². The molecule has 0 unspecified atom stereocenters. The van der Waals surface area contributed by atoms with E-state index in [9.17, 15) is 27.9 Å². The third kappa shape index (κ3) is 5.34. The third-order valence-corrected chi connectivity index (χ3v) is 6.84. The number of non-ortho nitro benzene ring substituents is 1. The van der Waals surface area contributed by atoms with Gasteiger partial charge >= 0.3 is 0 Å². The first-order chi connectivity index (χ1) is 16.2. The van der Waals surface area contributed by atoms with Crippen LogP contribution in [0.1, 0.15) is 15.2 Å². The van der Waals surface area contributed by atoms with Gasteiger partial charge in [-0.1, -0.05) is 17.4 Å². The van der Waals surface area contributed by atoms with E-state index in [0.717, 1.165) is 11.3 Å². The van der Waals surface area contributed by atoms with Crippen LogP contribution >= 0.6 is 22.7 Å². The number of hydrogen-bond donors (Lipinski definition) is 2. The summed E-state index contributed by atoms with van der Waals surface area (Å²) < 4.78 is 32.3. The Balaban J connectivity index is 1.57. The van der Waals surface area contributed by atoms with E-state index in [-0.39, 0.29) is 27.1 Å². The van der Waals surface area contributed by atoms with Crippen molar-refractivity contribution in [3.63, 3.8) is 0 Å². The smallest absolute Gasteiger partial charge is 0.282 e. The van der Waals surface area contributed by atoms with Crippen LogP contribution in [0.3, 0.4) is 0 Å². The number of carbonyl (C=O) groups excluding carboxylic acids is 1. The minimum absolute atomic E-state index is 0.0862. The third-order valence-electron chi connectivity index (χ3n) is 4.22. The van der Waals surface area contributed by atoms with Crippen molar-refractivity contribution in [3.05, 3.63) is 80.5 Å². The first-order valence-corrected chi connectivity index (χ1v) is 12.3. The van der Waals surface area contributed by atoms with Gasteiger partial charge in [-0.2, -0.15) is 8.42 Å². The van der Waals surface area contributed by atoms with Crippen molar-refractivity contribution in [2.75, 3.05) is 0 Å². The highest BCUT2D eigenvalue weighted by Crippen LogP contribution is 2.30. The zero-order valence-electron chi connectivity index (χ0n) is 16.7. The number of amides is 1. The standard InChI is InChI=1S/C19H12N6O6S3/c26-18(11-3-5-12(6-4-11)25(27)28)23-21-17(15-2-1-9-32-15)22-24-19-20-14-8-7-13(34(29,30)31)10-16(14)33-19/h1-10H,(H,23,26)(H,29,30,31)/b21-17-,24-22?. The predicted molar refractivity (Wildman–Crippen MR) is 125 cm³/mol. The molecule has 2 aromatic carbocycles. The lowest BCUT2D eigenvalue weighted by molar-refractivity contribution is -0.384. The molecule has 4 rings (SSSR count). The average Bonchev–Trinajstić information content (AvgIpc) is 3.47. The van der Waals surface area contributed by atoms with E-state index in [0.29, 0.717) is 15.1 Å². The van der Waals surface area contributed by atoms with Crippen LogP contribution in [0.25, 0.3) is 10.2 Å². The first kappa shape index (κ1) is 23.2. The van der Waals surface area contributed by atoms with Crippen LogP contribution in [-0.2, 0) is 10.1 Å². The maximum absolute atomic E-state index is 12.4. The molecule has 0 bridgehead atoms. The Kier molecular flexibility index (Phi) is 6.51. The van der Waals surface area contributed by atoms with Gasteiger partial charge in [0.05, 0.1) is 24.9 Å². The molecule has 2 aromatic heterocycles. The van der Waals surface area contributed by atoms with Crippen LogP contribution < -0.4 is 5.43 Å². The highest BCUT2D eigenvalue weighted by atomic mass is 32.2. The number of azo groups is 1. The molecule has 1 amide bonds. The average molecular weight is 517 g/mol. The fourth-order valence-corrected chi connectivity index (χ4v) is 4.68. The van der Waals surface area contributed by atoms with Gasteiger partial charge in [-0.3, -0.25) is 19.5 Å². The van der Waals surface area contributed by atoms with E-state index in [1.165, 1.54) is 53.8 Å². The number of nitro benzene ring substituents is 1. The molecule has 0 spiro atoms. The Hall–Kier alpha value is -3.92. The second-order valence-electron chi connectivity index (χ2n) is 6.46. The van der Waals surface area contributed by atoms with Crippen molar-refractivity contribution >= 4 is 65.6 Å². The van der Waals surface area contributed by atoms with E-state index in [2.05, 4.69) is 25.7 Å². The number of aromatic nitrogens is 1. The molecule has 0 aliphatic heterocycles. The predicted octanol–water partition coefficient (Wildman–Crippen LogP) is 4.39. The fraction of sp³-hybridized carbons (Fsp3) is 0. The molecule has 0 saturated heterocycles. The summed E-state index contributed by atoms with van der Waals surface area (Å²) in [5.74, 6) is -0.514. The zero-order chi connectivity index (χ0) is 24.3. The molecule has 2 heterocycles. The van der Waals surface area contributed by atoms with Gasteiger partial charge in [0.15, 0.2) is 0 Å². The van der Waals surface area contributed by atoms with E-state index in [1.807, 2.05) is 0 Å². The van der Waals surface area contributed by atoms with Gasteiger partial charge in [-0.15, -0.1) is 26.7 Å².